The summed E-state index contributed by atoms with van der Waals surface area (Å²) >= 11 is 0. The molecule has 0 radical (unpaired) electrons. The third-order valence-corrected chi connectivity index (χ3v) is 5.96. The molecule has 1 aliphatic carbocycles. The Bertz CT molecular complexity index is 1190. The van der Waals surface area contributed by atoms with E-state index in [4.69, 9.17) is 14.2 Å². The highest BCUT2D eigenvalue weighted by Gasteiger charge is 2.22. The number of benzene rings is 2. The third-order valence-electron chi connectivity index (χ3n) is 5.96. The van der Waals surface area contributed by atoms with Gasteiger partial charge in [0.15, 0.2) is 11.5 Å². The molecule has 1 saturated carbocycles. The van der Waals surface area contributed by atoms with E-state index >= 15 is 0 Å². The molecule has 0 saturated heterocycles. The summed E-state index contributed by atoms with van der Waals surface area (Å²) in [5.41, 5.74) is 6.30. The number of nitrogens with zero attached hydrogens (tertiary/aromatic N) is 2. The topological polar surface area (TPSA) is 104 Å². The van der Waals surface area contributed by atoms with Gasteiger partial charge in [0.05, 0.1) is 37.9 Å². The van der Waals surface area contributed by atoms with Gasteiger partial charge in [-0.05, 0) is 25.0 Å². The number of anilines is 1. The van der Waals surface area contributed by atoms with Crippen molar-refractivity contribution in [3.63, 3.8) is 0 Å². The van der Waals surface area contributed by atoms with Crippen LogP contribution < -0.4 is 30.6 Å². The second-order valence-electron chi connectivity index (χ2n) is 7.93. The van der Waals surface area contributed by atoms with Crippen LogP contribution in [0.15, 0.2) is 41.2 Å². The second-order valence-corrected chi connectivity index (χ2v) is 7.93. The molecule has 0 unspecified atom stereocenters. The molecule has 9 nitrogen and oxygen atoms in total. The summed E-state index contributed by atoms with van der Waals surface area (Å²) in [4.78, 5) is 30.8. The van der Waals surface area contributed by atoms with Crippen molar-refractivity contribution in [1.29, 1.82) is 0 Å². The predicted octanol–water partition coefficient (Wildman–Crippen LogP) is 3.43. The molecule has 1 aliphatic rings. The Morgan fingerprint density at radius 1 is 1.00 bits per heavy atom. The van der Waals surface area contributed by atoms with Gasteiger partial charge in [-0.2, -0.15) is 0 Å². The molecule has 1 heterocycles. The fraction of sp³-hybridized carbons (Fsp3) is 0.375. The van der Waals surface area contributed by atoms with Crippen molar-refractivity contribution < 1.29 is 19.0 Å². The van der Waals surface area contributed by atoms with Crippen molar-refractivity contribution in [3.8, 4) is 22.9 Å². The molecule has 1 amide bonds. The van der Waals surface area contributed by atoms with Crippen LogP contribution in [-0.2, 0) is 4.79 Å². The van der Waals surface area contributed by atoms with Gasteiger partial charge in [0.25, 0.3) is 5.56 Å². The average Bonchev–Trinajstić information content (AvgIpc) is 2.87. The number of fused-ring (bicyclic) bond motifs is 1. The van der Waals surface area contributed by atoms with Crippen LogP contribution in [0.4, 0.5) is 5.95 Å². The number of hydrazine groups is 1. The number of carbonyl (C=O) groups is 1. The standard InChI is InChI=1S/C24H28N4O5/c1-31-19-13-16(14-20(32-2)21(19)33-3)28-23(30)17-11-7-8-12-18(17)25-24(28)27-26-22(29)15-9-5-4-6-10-15/h7-8,11-15H,4-6,9-10H2,1-3H3,(H,25,27)(H,26,29). The Balaban J connectivity index is 1.80. The Kier molecular flexibility index (Phi) is 6.67. The van der Waals surface area contributed by atoms with Crippen molar-refractivity contribution in [2.45, 2.75) is 32.1 Å². The van der Waals surface area contributed by atoms with Crippen LogP contribution in [0.2, 0.25) is 0 Å². The molecule has 3 aromatic rings. The lowest BCUT2D eigenvalue weighted by atomic mass is 9.89. The number of amides is 1. The van der Waals surface area contributed by atoms with E-state index in [0.717, 1.165) is 32.1 Å². The minimum absolute atomic E-state index is 0.0481. The van der Waals surface area contributed by atoms with Crippen molar-refractivity contribution >= 4 is 22.8 Å². The number of aromatic nitrogens is 2. The molecule has 174 valence electrons. The monoisotopic (exact) mass is 452 g/mol. The normalized spacial score (nSPS) is 14.0. The first-order valence-electron chi connectivity index (χ1n) is 11.0. The number of hydrogen-bond acceptors (Lipinski definition) is 7. The van der Waals surface area contributed by atoms with Crippen LogP contribution in [0, 0.1) is 5.92 Å². The second kappa shape index (κ2) is 9.81. The molecule has 2 aromatic carbocycles. The number of nitrogens with one attached hydrogen (secondary N) is 2. The van der Waals surface area contributed by atoms with Gasteiger partial charge >= 0.3 is 0 Å². The highest BCUT2D eigenvalue weighted by Crippen LogP contribution is 2.39. The van der Waals surface area contributed by atoms with Gasteiger partial charge in [0.1, 0.15) is 0 Å². The highest BCUT2D eigenvalue weighted by molar-refractivity contribution is 5.81. The maximum absolute atomic E-state index is 13.5. The van der Waals surface area contributed by atoms with Gasteiger partial charge < -0.3 is 14.2 Å². The van der Waals surface area contributed by atoms with Gasteiger partial charge in [-0.15, -0.1) is 0 Å². The molecule has 1 aromatic heterocycles. The summed E-state index contributed by atoms with van der Waals surface area (Å²) in [6, 6.07) is 10.4. The Labute approximate surface area is 191 Å². The maximum Gasteiger partial charge on any atom is 0.267 e. The maximum atomic E-state index is 13.5. The van der Waals surface area contributed by atoms with E-state index < -0.39 is 0 Å². The van der Waals surface area contributed by atoms with E-state index in [0.29, 0.717) is 33.8 Å². The number of para-hydroxylation sites is 1. The molecule has 0 aliphatic heterocycles. The van der Waals surface area contributed by atoms with Crippen LogP contribution in [0.25, 0.3) is 16.6 Å². The van der Waals surface area contributed by atoms with Gasteiger partial charge in [-0.3, -0.25) is 20.4 Å². The van der Waals surface area contributed by atoms with Crippen LogP contribution in [0.3, 0.4) is 0 Å². The van der Waals surface area contributed by atoms with Gasteiger partial charge in [-0.25, -0.2) is 9.55 Å². The number of methoxy groups -OCH3 is 3. The van der Waals surface area contributed by atoms with Crippen LogP contribution in [0.1, 0.15) is 32.1 Å². The fourth-order valence-corrected chi connectivity index (χ4v) is 4.24. The Hall–Kier alpha value is -3.75. The minimum atomic E-state index is -0.302. The summed E-state index contributed by atoms with van der Waals surface area (Å²) in [5, 5.41) is 0.440. The van der Waals surface area contributed by atoms with Crippen molar-refractivity contribution in [2.75, 3.05) is 26.8 Å². The van der Waals surface area contributed by atoms with Crippen molar-refractivity contribution in [3.05, 3.63) is 46.8 Å². The summed E-state index contributed by atoms with van der Waals surface area (Å²) in [5.74, 6) is 1.22. The summed E-state index contributed by atoms with van der Waals surface area (Å²) in [6.45, 7) is 0. The van der Waals surface area contributed by atoms with Gasteiger partial charge in [0.2, 0.25) is 17.6 Å². The first-order valence-corrected chi connectivity index (χ1v) is 11.0. The van der Waals surface area contributed by atoms with Crippen molar-refractivity contribution in [2.24, 2.45) is 5.92 Å². The smallest absolute Gasteiger partial charge is 0.267 e. The first-order chi connectivity index (χ1) is 16.1. The average molecular weight is 453 g/mol. The molecule has 33 heavy (non-hydrogen) atoms. The highest BCUT2D eigenvalue weighted by atomic mass is 16.5. The molecule has 0 spiro atoms. The Morgan fingerprint density at radius 3 is 2.30 bits per heavy atom. The van der Waals surface area contributed by atoms with Crippen LogP contribution in [-0.4, -0.2) is 36.8 Å². The molecular formula is C24H28N4O5. The molecule has 0 atom stereocenters. The van der Waals surface area contributed by atoms with E-state index in [2.05, 4.69) is 15.8 Å². The molecule has 4 rings (SSSR count). The molecule has 1 fully saturated rings. The van der Waals surface area contributed by atoms with E-state index in [-0.39, 0.29) is 23.3 Å². The SMILES string of the molecule is COc1cc(-n2c(NNC(=O)C3CCCCC3)nc3ccccc3c2=O)cc(OC)c1OC. The predicted molar refractivity (Wildman–Crippen MR) is 125 cm³/mol. The van der Waals surface area contributed by atoms with E-state index in [1.807, 2.05) is 6.07 Å². The number of carbonyl (C=O) groups excluding carboxylic acids is 1. The number of hydrogen-bond donors (Lipinski definition) is 2. The lowest BCUT2D eigenvalue weighted by molar-refractivity contribution is -0.125. The summed E-state index contributed by atoms with van der Waals surface area (Å²) < 4.78 is 17.7. The van der Waals surface area contributed by atoms with E-state index in [1.165, 1.54) is 25.9 Å². The van der Waals surface area contributed by atoms with Crippen molar-refractivity contribution in [1.82, 2.24) is 15.0 Å². The zero-order valence-corrected chi connectivity index (χ0v) is 19.0. The summed E-state index contributed by atoms with van der Waals surface area (Å²) in [7, 11) is 4.52. The minimum Gasteiger partial charge on any atom is -0.493 e. The number of ether oxygens (including phenoxy) is 3. The molecular weight excluding hydrogens is 424 g/mol. The Morgan fingerprint density at radius 2 is 1.67 bits per heavy atom. The molecule has 9 heteroatoms. The first kappa shape index (κ1) is 22.4. The lowest BCUT2D eigenvalue weighted by Crippen LogP contribution is -2.38. The summed E-state index contributed by atoms with van der Waals surface area (Å²) in [6.07, 6.45) is 4.96. The largest absolute Gasteiger partial charge is 0.493 e. The molecule has 2 N–H and O–H groups in total. The molecule has 0 bridgehead atoms. The van der Waals surface area contributed by atoms with Gasteiger partial charge in [0, 0.05) is 18.1 Å². The van der Waals surface area contributed by atoms with E-state index in [9.17, 15) is 9.59 Å². The third kappa shape index (κ3) is 4.44. The zero-order chi connectivity index (χ0) is 23.4. The van der Waals surface area contributed by atoms with Crippen LogP contribution >= 0.6 is 0 Å². The van der Waals surface area contributed by atoms with Crippen LogP contribution in [0.5, 0.6) is 17.2 Å². The number of rotatable bonds is 7. The lowest BCUT2D eigenvalue weighted by Gasteiger charge is -2.22. The van der Waals surface area contributed by atoms with Gasteiger partial charge in [-0.1, -0.05) is 31.4 Å². The fourth-order valence-electron chi connectivity index (χ4n) is 4.24. The van der Waals surface area contributed by atoms with E-state index in [1.54, 1.807) is 30.3 Å². The quantitative estimate of drug-likeness (QED) is 0.529. The zero-order valence-electron chi connectivity index (χ0n) is 19.0.